The van der Waals surface area contributed by atoms with E-state index in [0.717, 1.165) is 36.0 Å². The van der Waals surface area contributed by atoms with E-state index in [-0.39, 0.29) is 11.4 Å². The van der Waals surface area contributed by atoms with Crippen LogP contribution in [-0.4, -0.2) is 15.0 Å². The number of nitrogens with one attached hydrogen (secondary N) is 1. The number of rotatable bonds is 4. The maximum atomic E-state index is 13.9. The molecule has 0 radical (unpaired) electrons. The van der Waals surface area contributed by atoms with E-state index in [1.165, 1.54) is 24.1 Å². The average Bonchev–Trinajstić information content (AvgIpc) is 3.51. The van der Waals surface area contributed by atoms with Crippen molar-refractivity contribution in [2.75, 3.05) is 0 Å². The van der Waals surface area contributed by atoms with E-state index in [4.69, 9.17) is 0 Å². The Morgan fingerprint density at radius 1 is 1.03 bits per heavy atom. The third-order valence-corrected chi connectivity index (χ3v) is 8.25. The van der Waals surface area contributed by atoms with Gasteiger partial charge in [-0.05, 0) is 85.6 Å². The van der Waals surface area contributed by atoms with E-state index < -0.39 is 11.6 Å². The summed E-state index contributed by atoms with van der Waals surface area (Å²) in [5.74, 6) is 1.60. The molecular weight excluding hydrogens is 423 g/mol. The highest BCUT2D eigenvalue weighted by atomic mass is 19.2. The molecule has 2 heterocycles. The number of H-pyrrole nitrogens is 1. The van der Waals surface area contributed by atoms with Gasteiger partial charge in [0.25, 0.3) is 0 Å². The SMILES string of the molecule is Cc1c(F)c(F)cc2nc(C[C@@H](C)C3CC4CC3CC4c3ccnc4ccc(F)cc34)[nH]c12. The summed E-state index contributed by atoms with van der Waals surface area (Å²) in [5, 5.41) is 0.941. The van der Waals surface area contributed by atoms with Gasteiger partial charge in [-0.15, -0.1) is 0 Å². The summed E-state index contributed by atoms with van der Waals surface area (Å²) >= 11 is 0. The highest BCUT2D eigenvalue weighted by Gasteiger charge is 2.48. The number of nitrogens with zero attached hydrogens (tertiary/aromatic N) is 2. The van der Waals surface area contributed by atoms with Crippen LogP contribution in [0.4, 0.5) is 13.2 Å². The smallest absolute Gasteiger partial charge is 0.163 e. The molecule has 1 N–H and O–H groups in total. The molecule has 0 saturated heterocycles. The van der Waals surface area contributed by atoms with Crippen LogP contribution in [0, 0.1) is 48.0 Å². The zero-order valence-electron chi connectivity index (χ0n) is 18.7. The lowest BCUT2D eigenvalue weighted by Gasteiger charge is -2.32. The molecular formula is C27H26F3N3. The van der Waals surface area contributed by atoms with Crippen molar-refractivity contribution in [1.29, 1.82) is 0 Å². The number of hydrogen-bond donors (Lipinski definition) is 1. The van der Waals surface area contributed by atoms with Gasteiger partial charge >= 0.3 is 0 Å². The van der Waals surface area contributed by atoms with E-state index in [9.17, 15) is 13.2 Å². The first-order valence-corrected chi connectivity index (χ1v) is 11.8. The van der Waals surface area contributed by atoms with Crippen LogP contribution < -0.4 is 0 Å². The second kappa shape index (κ2) is 7.57. The van der Waals surface area contributed by atoms with Crippen LogP contribution in [0.5, 0.6) is 0 Å². The van der Waals surface area contributed by atoms with Crippen molar-refractivity contribution in [1.82, 2.24) is 15.0 Å². The molecule has 3 nitrogen and oxygen atoms in total. The van der Waals surface area contributed by atoms with Crippen molar-refractivity contribution in [3.63, 3.8) is 0 Å². The number of halogens is 3. The van der Waals surface area contributed by atoms with Crippen molar-refractivity contribution in [2.45, 2.75) is 45.4 Å². The average molecular weight is 450 g/mol. The van der Waals surface area contributed by atoms with Gasteiger partial charge in [0.15, 0.2) is 11.6 Å². The quantitative estimate of drug-likeness (QED) is 0.370. The predicted octanol–water partition coefficient (Wildman–Crippen LogP) is 6.85. The second-order valence-corrected chi connectivity index (χ2v) is 10.1. The number of hydrogen-bond acceptors (Lipinski definition) is 2. The summed E-state index contributed by atoms with van der Waals surface area (Å²) in [7, 11) is 0. The molecule has 2 aromatic heterocycles. The zero-order valence-corrected chi connectivity index (χ0v) is 18.7. The van der Waals surface area contributed by atoms with Crippen LogP contribution in [0.2, 0.25) is 0 Å². The summed E-state index contributed by atoms with van der Waals surface area (Å²) in [4.78, 5) is 12.2. The minimum Gasteiger partial charge on any atom is -0.342 e. The Hall–Kier alpha value is -2.89. The van der Waals surface area contributed by atoms with E-state index in [1.807, 2.05) is 6.20 Å². The number of imidazole rings is 1. The first kappa shape index (κ1) is 20.7. The van der Waals surface area contributed by atoms with Gasteiger partial charge in [0, 0.05) is 29.6 Å². The van der Waals surface area contributed by atoms with Gasteiger partial charge < -0.3 is 4.98 Å². The van der Waals surface area contributed by atoms with Crippen molar-refractivity contribution < 1.29 is 13.2 Å². The number of aryl methyl sites for hydroxylation is 1. The molecule has 5 atom stereocenters. The van der Waals surface area contributed by atoms with E-state index >= 15 is 0 Å². The second-order valence-electron chi connectivity index (χ2n) is 10.1. The molecule has 6 heteroatoms. The van der Waals surface area contributed by atoms with Crippen LogP contribution in [0.1, 0.15) is 49.1 Å². The van der Waals surface area contributed by atoms with Crippen LogP contribution in [-0.2, 0) is 6.42 Å². The topological polar surface area (TPSA) is 41.6 Å². The lowest BCUT2D eigenvalue weighted by Crippen LogP contribution is -2.24. The van der Waals surface area contributed by atoms with Crippen molar-refractivity contribution in [3.8, 4) is 0 Å². The molecule has 6 rings (SSSR count). The van der Waals surface area contributed by atoms with E-state index in [1.54, 1.807) is 19.1 Å². The summed E-state index contributed by atoms with van der Waals surface area (Å²) in [6.45, 7) is 3.84. The monoisotopic (exact) mass is 449 g/mol. The van der Waals surface area contributed by atoms with Gasteiger partial charge in [-0.2, -0.15) is 0 Å². The molecule has 0 spiro atoms. The lowest BCUT2D eigenvalue weighted by molar-refractivity contribution is 0.224. The van der Waals surface area contributed by atoms with Gasteiger partial charge in [0.05, 0.1) is 16.6 Å². The normalized spacial score (nSPS) is 25.4. The number of aromatic amines is 1. The molecule has 2 aliphatic carbocycles. The molecule has 0 amide bonds. The lowest BCUT2D eigenvalue weighted by atomic mass is 9.73. The summed E-state index contributed by atoms with van der Waals surface area (Å²) in [6.07, 6.45) is 6.08. The summed E-state index contributed by atoms with van der Waals surface area (Å²) in [6, 6.07) is 8.10. The Labute approximate surface area is 190 Å². The Morgan fingerprint density at radius 2 is 1.88 bits per heavy atom. The zero-order chi connectivity index (χ0) is 22.9. The van der Waals surface area contributed by atoms with Gasteiger partial charge in [-0.25, -0.2) is 18.2 Å². The Morgan fingerprint density at radius 3 is 2.67 bits per heavy atom. The highest BCUT2D eigenvalue weighted by molar-refractivity contribution is 5.82. The van der Waals surface area contributed by atoms with Crippen LogP contribution in [0.3, 0.4) is 0 Å². The van der Waals surface area contributed by atoms with Crippen molar-refractivity contribution in [2.24, 2.45) is 23.7 Å². The van der Waals surface area contributed by atoms with E-state index in [0.29, 0.717) is 40.6 Å². The molecule has 2 saturated carbocycles. The maximum absolute atomic E-state index is 13.9. The van der Waals surface area contributed by atoms with Crippen LogP contribution in [0.15, 0.2) is 36.5 Å². The Kier molecular flexibility index (Phi) is 4.75. The standard InChI is InChI=1S/C27H26F3N3/c1-13(7-25-32-24-12-22(29)26(30)14(2)27(24)33-25)19-9-16-8-15(19)10-20(16)18-5-6-31-23-4-3-17(28)11-21(18)23/h3-6,11-13,15-16,19-20H,7-10H2,1-2H3,(H,32,33)/t13-,15?,16?,19?,20?/m1/s1. The third-order valence-electron chi connectivity index (χ3n) is 8.25. The van der Waals surface area contributed by atoms with Crippen LogP contribution >= 0.6 is 0 Å². The van der Waals surface area contributed by atoms with Gasteiger partial charge in [0.1, 0.15) is 11.6 Å². The Balaban J connectivity index is 1.21. The first-order chi connectivity index (χ1) is 15.9. The van der Waals surface area contributed by atoms with Gasteiger partial charge in [-0.3, -0.25) is 4.98 Å². The maximum Gasteiger partial charge on any atom is 0.163 e. The molecule has 0 aliphatic heterocycles. The number of benzene rings is 2. The number of fused-ring (bicyclic) bond motifs is 4. The van der Waals surface area contributed by atoms with Gasteiger partial charge in [0.2, 0.25) is 0 Å². The molecule has 33 heavy (non-hydrogen) atoms. The van der Waals surface area contributed by atoms with Crippen LogP contribution in [0.25, 0.3) is 21.9 Å². The van der Waals surface area contributed by atoms with Crippen molar-refractivity contribution >= 4 is 21.9 Å². The molecule has 2 fully saturated rings. The van der Waals surface area contributed by atoms with E-state index in [2.05, 4.69) is 27.9 Å². The molecule has 2 aliphatic rings. The molecule has 4 unspecified atom stereocenters. The largest absolute Gasteiger partial charge is 0.342 e. The minimum absolute atomic E-state index is 0.216. The minimum atomic E-state index is -0.853. The summed E-state index contributed by atoms with van der Waals surface area (Å²) in [5.41, 5.74) is 3.43. The predicted molar refractivity (Wildman–Crippen MR) is 122 cm³/mol. The molecule has 2 aromatic carbocycles. The fraction of sp³-hybridized carbons (Fsp3) is 0.407. The number of pyridine rings is 1. The fourth-order valence-electron chi connectivity index (χ4n) is 6.71. The van der Waals surface area contributed by atoms with Gasteiger partial charge in [-0.1, -0.05) is 6.92 Å². The third kappa shape index (κ3) is 3.33. The molecule has 2 bridgehead atoms. The highest BCUT2D eigenvalue weighted by Crippen LogP contribution is 2.58. The molecule has 4 aromatic rings. The fourth-order valence-corrected chi connectivity index (χ4v) is 6.71. The molecule has 170 valence electrons. The number of aromatic nitrogens is 3. The first-order valence-electron chi connectivity index (χ1n) is 11.8. The summed E-state index contributed by atoms with van der Waals surface area (Å²) < 4.78 is 41.6. The van der Waals surface area contributed by atoms with Crippen molar-refractivity contribution in [3.05, 3.63) is 70.9 Å². The Bertz CT molecular complexity index is 1380.